The number of methoxy groups -OCH3 is 1. The lowest BCUT2D eigenvalue weighted by molar-refractivity contribution is -0.134. The molecule has 1 aromatic heterocycles. The minimum atomic E-state index is -0.441. The third-order valence-corrected chi connectivity index (χ3v) is 2.17. The van der Waals surface area contributed by atoms with Crippen molar-refractivity contribution in [3.63, 3.8) is 0 Å². The number of carbonyl (C=O) groups is 2. The summed E-state index contributed by atoms with van der Waals surface area (Å²) in [5.74, 6) is -0.614. The second kappa shape index (κ2) is 5.26. The number of rotatable bonds is 3. The fraction of sp³-hybridized carbons (Fsp3) is 0.222. The van der Waals surface area contributed by atoms with Crippen LogP contribution >= 0.6 is 11.3 Å². The molecule has 0 fully saturated rings. The van der Waals surface area contributed by atoms with E-state index in [1.807, 2.05) is 0 Å². The minimum absolute atomic E-state index is 0.173. The van der Waals surface area contributed by atoms with Crippen molar-refractivity contribution in [1.29, 1.82) is 0 Å². The number of nitrogens with zero attached hydrogens (tertiary/aromatic N) is 1. The monoisotopic (exact) mass is 226 g/mol. The SMILES string of the molecule is COC(=O)C=Cc1csc(NC(C)=O)n1. The first-order valence-electron chi connectivity index (χ1n) is 4.11. The molecular weight excluding hydrogens is 216 g/mol. The van der Waals surface area contributed by atoms with Crippen molar-refractivity contribution in [2.45, 2.75) is 6.92 Å². The third-order valence-electron chi connectivity index (χ3n) is 1.40. The maximum absolute atomic E-state index is 10.8. The van der Waals surface area contributed by atoms with Crippen LogP contribution in [0.4, 0.5) is 5.13 Å². The lowest BCUT2D eigenvalue weighted by Crippen LogP contribution is -2.04. The van der Waals surface area contributed by atoms with Gasteiger partial charge in [0.05, 0.1) is 12.8 Å². The van der Waals surface area contributed by atoms with Crippen molar-refractivity contribution in [2.24, 2.45) is 0 Å². The van der Waals surface area contributed by atoms with E-state index in [9.17, 15) is 9.59 Å². The normalized spacial score (nSPS) is 10.3. The Morgan fingerprint density at radius 2 is 2.33 bits per heavy atom. The van der Waals surface area contributed by atoms with Crippen molar-refractivity contribution in [2.75, 3.05) is 12.4 Å². The van der Waals surface area contributed by atoms with Gasteiger partial charge < -0.3 is 10.1 Å². The summed E-state index contributed by atoms with van der Waals surface area (Å²) in [6.07, 6.45) is 2.79. The Labute approximate surface area is 90.8 Å². The van der Waals surface area contributed by atoms with Gasteiger partial charge >= 0.3 is 5.97 Å². The Balaban J connectivity index is 2.64. The van der Waals surface area contributed by atoms with Crippen LogP contribution in [0.15, 0.2) is 11.5 Å². The Morgan fingerprint density at radius 3 is 2.93 bits per heavy atom. The molecule has 0 aromatic carbocycles. The van der Waals surface area contributed by atoms with Gasteiger partial charge in [0.2, 0.25) is 5.91 Å². The van der Waals surface area contributed by atoms with Crippen LogP contribution in [0.5, 0.6) is 0 Å². The lowest BCUT2D eigenvalue weighted by atomic mass is 10.4. The number of anilines is 1. The molecule has 1 heterocycles. The van der Waals surface area contributed by atoms with E-state index in [2.05, 4.69) is 15.0 Å². The summed E-state index contributed by atoms with van der Waals surface area (Å²) < 4.78 is 4.42. The Kier molecular flexibility index (Phi) is 3.99. The van der Waals surface area contributed by atoms with Gasteiger partial charge in [0.25, 0.3) is 0 Å². The molecule has 0 radical (unpaired) electrons. The first-order chi connectivity index (χ1) is 7.11. The van der Waals surface area contributed by atoms with E-state index in [0.29, 0.717) is 10.8 Å². The standard InChI is InChI=1S/C9H10N2O3S/c1-6(12)10-9-11-7(5-15-9)3-4-8(13)14-2/h3-5H,1-2H3,(H,10,11,12). The molecule has 1 aromatic rings. The zero-order chi connectivity index (χ0) is 11.3. The summed E-state index contributed by atoms with van der Waals surface area (Å²) in [6.45, 7) is 1.41. The van der Waals surface area contributed by atoms with E-state index in [1.165, 1.54) is 37.5 Å². The smallest absolute Gasteiger partial charge is 0.330 e. The molecule has 0 saturated carbocycles. The molecule has 6 heteroatoms. The highest BCUT2D eigenvalue weighted by Crippen LogP contribution is 2.16. The first-order valence-corrected chi connectivity index (χ1v) is 4.99. The molecule has 1 amide bonds. The molecule has 0 unspecified atom stereocenters. The zero-order valence-corrected chi connectivity index (χ0v) is 9.13. The molecule has 80 valence electrons. The summed E-state index contributed by atoms with van der Waals surface area (Å²) in [5.41, 5.74) is 0.606. The average molecular weight is 226 g/mol. The molecule has 0 bridgehead atoms. The van der Waals surface area contributed by atoms with Gasteiger partial charge in [0.15, 0.2) is 5.13 Å². The number of ether oxygens (including phenoxy) is 1. The van der Waals surface area contributed by atoms with Gasteiger partial charge in [0.1, 0.15) is 0 Å². The van der Waals surface area contributed by atoms with E-state index in [0.717, 1.165) is 0 Å². The second-order valence-electron chi connectivity index (χ2n) is 2.62. The third kappa shape index (κ3) is 3.90. The first kappa shape index (κ1) is 11.4. The largest absolute Gasteiger partial charge is 0.466 e. The van der Waals surface area contributed by atoms with Crippen molar-refractivity contribution in [3.05, 3.63) is 17.2 Å². The number of thiazole rings is 1. The lowest BCUT2D eigenvalue weighted by Gasteiger charge is -1.92. The average Bonchev–Trinajstić information content (AvgIpc) is 2.61. The predicted molar refractivity (Wildman–Crippen MR) is 57.5 cm³/mol. The van der Waals surface area contributed by atoms with Crippen molar-refractivity contribution >= 4 is 34.4 Å². The molecule has 1 rings (SSSR count). The van der Waals surface area contributed by atoms with Crippen molar-refractivity contribution in [3.8, 4) is 0 Å². The van der Waals surface area contributed by atoms with E-state index in [4.69, 9.17) is 0 Å². The maximum atomic E-state index is 10.8. The molecule has 0 aliphatic heterocycles. The number of hydrogen-bond acceptors (Lipinski definition) is 5. The van der Waals surface area contributed by atoms with Crippen LogP contribution in [0.2, 0.25) is 0 Å². The van der Waals surface area contributed by atoms with Crippen molar-refractivity contribution < 1.29 is 14.3 Å². The molecule has 5 nitrogen and oxygen atoms in total. The number of hydrogen-bond donors (Lipinski definition) is 1. The van der Waals surface area contributed by atoms with Crippen LogP contribution in [0.25, 0.3) is 6.08 Å². The molecule has 1 N–H and O–H groups in total. The van der Waals surface area contributed by atoms with Gasteiger partial charge in [-0.3, -0.25) is 4.79 Å². The molecule has 0 saturated heterocycles. The molecule has 0 spiro atoms. The van der Waals surface area contributed by atoms with E-state index in [1.54, 1.807) is 5.38 Å². The molecular formula is C9H10N2O3S. The molecule has 15 heavy (non-hydrogen) atoms. The number of esters is 1. The van der Waals surface area contributed by atoms with Gasteiger partial charge in [-0.05, 0) is 6.08 Å². The van der Waals surface area contributed by atoms with Crippen molar-refractivity contribution in [1.82, 2.24) is 4.98 Å². The predicted octanol–water partition coefficient (Wildman–Crippen LogP) is 1.29. The topological polar surface area (TPSA) is 68.3 Å². The summed E-state index contributed by atoms with van der Waals surface area (Å²) in [6, 6.07) is 0. The van der Waals surface area contributed by atoms with Gasteiger partial charge in [-0.25, -0.2) is 9.78 Å². The summed E-state index contributed by atoms with van der Waals surface area (Å²) in [4.78, 5) is 25.5. The number of carbonyl (C=O) groups excluding carboxylic acids is 2. The number of amides is 1. The molecule has 0 aliphatic carbocycles. The summed E-state index contributed by atoms with van der Waals surface area (Å²) in [5, 5.41) is 4.78. The van der Waals surface area contributed by atoms with Gasteiger partial charge in [-0.1, -0.05) is 0 Å². The Morgan fingerprint density at radius 1 is 1.60 bits per heavy atom. The number of aromatic nitrogens is 1. The van der Waals surface area contributed by atoms with E-state index >= 15 is 0 Å². The van der Waals surface area contributed by atoms with E-state index in [-0.39, 0.29) is 5.91 Å². The Bertz CT molecular complexity index is 398. The van der Waals surface area contributed by atoms with Crippen LogP contribution in [0, 0.1) is 0 Å². The van der Waals surface area contributed by atoms with Crippen LogP contribution in [0.1, 0.15) is 12.6 Å². The van der Waals surface area contributed by atoms with Gasteiger partial charge in [-0.2, -0.15) is 0 Å². The van der Waals surface area contributed by atoms with Crippen LogP contribution in [-0.2, 0) is 14.3 Å². The Hall–Kier alpha value is -1.69. The van der Waals surface area contributed by atoms with E-state index < -0.39 is 5.97 Å². The molecule has 0 aliphatic rings. The van der Waals surface area contributed by atoms with Gasteiger partial charge in [0, 0.05) is 18.4 Å². The fourth-order valence-electron chi connectivity index (χ4n) is 0.792. The number of nitrogens with one attached hydrogen (secondary N) is 1. The highest BCUT2D eigenvalue weighted by molar-refractivity contribution is 7.14. The van der Waals surface area contributed by atoms with Crippen LogP contribution in [0.3, 0.4) is 0 Å². The maximum Gasteiger partial charge on any atom is 0.330 e. The molecule has 0 atom stereocenters. The second-order valence-corrected chi connectivity index (χ2v) is 3.47. The highest BCUT2D eigenvalue weighted by atomic mass is 32.1. The summed E-state index contributed by atoms with van der Waals surface area (Å²) >= 11 is 1.29. The fourth-order valence-corrected chi connectivity index (χ4v) is 1.52. The van der Waals surface area contributed by atoms with Gasteiger partial charge in [-0.15, -0.1) is 11.3 Å². The highest BCUT2D eigenvalue weighted by Gasteiger charge is 2.01. The zero-order valence-electron chi connectivity index (χ0n) is 8.31. The quantitative estimate of drug-likeness (QED) is 0.623. The van der Waals surface area contributed by atoms with Crippen LogP contribution in [-0.4, -0.2) is 24.0 Å². The van der Waals surface area contributed by atoms with Crippen LogP contribution < -0.4 is 5.32 Å². The summed E-state index contributed by atoms with van der Waals surface area (Å²) in [7, 11) is 1.30. The minimum Gasteiger partial charge on any atom is -0.466 e.